The van der Waals surface area contributed by atoms with Crippen LogP contribution in [0.2, 0.25) is 0 Å². The van der Waals surface area contributed by atoms with E-state index < -0.39 is 112 Å². The molecule has 17 nitrogen and oxygen atoms in total. The Morgan fingerprint density at radius 2 is 1.08 bits per heavy atom. The second-order valence-electron chi connectivity index (χ2n) is 23.0. The average Bonchev–Trinajstić information content (AvgIpc) is 3.67. The number of rotatable bonds is 11. The first kappa shape index (κ1) is 50.4. The lowest BCUT2D eigenvalue weighted by molar-refractivity contribution is -0.383. The maximum absolute atomic E-state index is 11.6. The molecule has 0 radical (unpaired) electrons. The van der Waals surface area contributed by atoms with Gasteiger partial charge in [0.05, 0.1) is 25.9 Å². The summed E-state index contributed by atoms with van der Waals surface area (Å²) in [7, 11) is 0. The van der Waals surface area contributed by atoms with E-state index in [4.69, 9.17) is 28.4 Å². The fourth-order valence-electron chi connectivity index (χ4n) is 16.1. The fraction of sp³-hybridized carbons (Fsp3) is 0.958. The standard InChI is InChI=1S/C48H80O17/c1-22(2)23-10-15-48(21-52)17-16-46(6)24(31(23)48)8-9-29-45(5)13-12-30(44(3,4)28(45)11-14-47(29,46)7)63-41-37(58)34(55)39(26(19-50)61-41)65-43-38(59)35(56)40(27(20-51)62-43)64-42-36(57)33(54)32(53)25(18-49)60-42/h23-43,49-59H,1,8-21H2,2-7H3/t23-,24+,25+,26+,27+,28-,29+,30-,31+,32+,33-,34+,35+,36+,37+,38+,39+,40+,41-,42+,43-,45-,46+,47+,48+/m0/s1. The van der Waals surface area contributed by atoms with Crippen LogP contribution in [0.1, 0.15) is 106 Å². The van der Waals surface area contributed by atoms with Crippen LogP contribution in [0.5, 0.6) is 0 Å². The molecule has 0 aromatic carbocycles. The van der Waals surface area contributed by atoms with Crippen molar-refractivity contribution in [2.45, 2.75) is 204 Å². The van der Waals surface area contributed by atoms with Crippen molar-refractivity contribution in [3.63, 3.8) is 0 Å². The van der Waals surface area contributed by atoms with Crippen LogP contribution in [0.15, 0.2) is 12.2 Å². The van der Waals surface area contributed by atoms with E-state index in [0.717, 1.165) is 57.8 Å². The van der Waals surface area contributed by atoms with E-state index in [1.54, 1.807) is 0 Å². The number of hydrogen-bond acceptors (Lipinski definition) is 17. The van der Waals surface area contributed by atoms with Gasteiger partial charge in [-0.15, -0.1) is 0 Å². The van der Waals surface area contributed by atoms with Crippen LogP contribution >= 0.6 is 0 Å². The minimum absolute atomic E-state index is 0.00589. The molecular formula is C48H80O17. The van der Waals surface area contributed by atoms with Crippen LogP contribution in [0, 0.1) is 56.7 Å². The van der Waals surface area contributed by atoms with Crippen molar-refractivity contribution in [3.8, 4) is 0 Å². The Morgan fingerprint density at radius 1 is 0.538 bits per heavy atom. The first-order chi connectivity index (χ1) is 30.6. The smallest absolute Gasteiger partial charge is 0.187 e. The Hall–Kier alpha value is -0.940. The molecule has 5 saturated carbocycles. The number of hydrogen-bond donors (Lipinski definition) is 11. The van der Waals surface area contributed by atoms with E-state index >= 15 is 0 Å². The maximum Gasteiger partial charge on any atom is 0.187 e. The van der Waals surface area contributed by atoms with Crippen molar-refractivity contribution in [1.29, 1.82) is 0 Å². The largest absolute Gasteiger partial charge is 0.396 e. The molecule has 0 bridgehead atoms. The summed E-state index contributed by atoms with van der Waals surface area (Å²) in [6.07, 6.45) is -14.4. The molecule has 8 fully saturated rings. The van der Waals surface area contributed by atoms with Crippen molar-refractivity contribution in [2.75, 3.05) is 26.4 Å². The Labute approximate surface area is 383 Å². The van der Waals surface area contributed by atoms with Gasteiger partial charge in [-0.2, -0.15) is 0 Å². The highest BCUT2D eigenvalue weighted by Crippen LogP contribution is 2.77. The SMILES string of the molecule is C=C(C)[C@@H]1CC[C@]2(CO)CC[C@]3(C)[C@H](CC[C@@H]4[C@@]5(C)CC[C@H](O[C@@H]6O[C@H](CO)[C@@H](O[C@@H]7O[C@H](CO)[C@@H](O[C@H]8O[C@H](CO)[C@@H](O)[C@H](O)[C@H]8O)[C@H](O)[C@H]7O)[C@H](O)[C@H]6O)C(C)(C)[C@@H]5CC[C@]43C)[C@@H]12. The van der Waals surface area contributed by atoms with Gasteiger partial charge < -0.3 is 84.6 Å². The van der Waals surface area contributed by atoms with Crippen molar-refractivity contribution in [1.82, 2.24) is 0 Å². The highest BCUT2D eigenvalue weighted by molar-refractivity contribution is 5.22. The second-order valence-corrected chi connectivity index (χ2v) is 23.0. The van der Waals surface area contributed by atoms with Gasteiger partial charge in [0, 0.05) is 6.61 Å². The summed E-state index contributed by atoms with van der Waals surface area (Å²) >= 11 is 0. The quantitative estimate of drug-likeness (QED) is 0.0993. The third-order valence-electron chi connectivity index (χ3n) is 19.9. The van der Waals surface area contributed by atoms with E-state index in [9.17, 15) is 56.2 Å². The van der Waals surface area contributed by atoms with E-state index in [1.807, 2.05) is 0 Å². The van der Waals surface area contributed by atoms with Gasteiger partial charge in [-0.1, -0.05) is 46.8 Å². The maximum atomic E-state index is 11.6. The molecule has 0 aromatic rings. The van der Waals surface area contributed by atoms with Gasteiger partial charge in [-0.25, -0.2) is 0 Å². The Bertz CT molecular complexity index is 1680. The number of ether oxygens (including phenoxy) is 6. The normalized spacial score (nSPS) is 55.4. The first-order valence-corrected chi connectivity index (χ1v) is 24.4. The third kappa shape index (κ3) is 7.85. The van der Waals surface area contributed by atoms with Crippen molar-refractivity contribution < 1.29 is 84.6 Å². The summed E-state index contributed by atoms with van der Waals surface area (Å²) < 4.78 is 35.5. The Balaban J connectivity index is 0.929. The lowest BCUT2D eigenvalue weighted by Crippen LogP contribution is -2.68. The molecule has 5 aliphatic carbocycles. The van der Waals surface area contributed by atoms with E-state index in [2.05, 4.69) is 48.1 Å². The summed E-state index contributed by atoms with van der Waals surface area (Å²) in [5, 5.41) is 118. The van der Waals surface area contributed by atoms with Crippen LogP contribution in [0.25, 0.3) is 0 Å². The average molecular weight is 929 g/mol. The predicted octanol–water partition coefficient (Wildman–Crippen LogP) is 0.470. The minimum Gasteiger partial charge on any atom is -0.396 e. The minimum atomic E-state index is -1.92. The Kier molecular flexibility index (Phi) is 14.2. The molecule has 11 N–H and O–H groups in total. The van der Waals surface area contributed by atoms with Crippen molar-refractivity contribution in [2.24, 2.45) is 56.7 Å². The zero-order chi connectivity index (χ0) is 47.3. The van der Waals surface area contributed by atoms with Gasteiger partial charge in [0.2, 0.25) is 0 Å². The topological polar surface area (TPSA) is 278 Å². The van der Waals surface area contributed by atoms with Crippen molar-refractivity contribution >= 4 is 0 Å². The molecule has 0 amide bonds. The molecule has 0 unspecified atom stereocenters. The van der Waals surface area contributed by atoms with E-state index in [1.165, 1.54) is 5.57 Å². The number of aliphatic hydroxyl groups is 11. The van der Waals surface area contributed by atoms with Crippen LogP contribution in [-0.2, 0) is 28.4 Å². The molecule has 8 rings (SSSR count). The van der Waals surface area contributed by atoms with Crippen LogP contribution in [0.3, 0.4) is 0 Å². The highest BCUT2D eigenvalue weighted by atomic mass is 16.8. The predicted molar refractivity (Wildman–Crippen MR) is 230 cm³/mol. The van der Waals surface area contributed by atoms with Gasteiger partial charge >= 0.3 is 0 Å². The number of fused-ring (bicyclic) bond motifs is 7. The molecule has 8 aliphatic rings. The molecule has 0 spiro atoms. The van der Waals surface area contributed by atoms with Gasteiger partial charge in [0.25, 0.3) is 0 Å². The Morgan fingerprint density at radius 3 is 1.62 bits per heavy atom. The van der Waals surface area contributed by atoms with Gasteiger partial charge in [-0.05, 0) is 128 Å². The van der Waals surface area contributed by atoms with Crippen molar-refractivity contribution in [3.05, 3.63) is 12.2 Å². The van der Waals surface area contributed by atoms with Crippen LogP contribution in [0.4, 0.5) is 0 Å². The van der Waals surface area contributed by atoms with E-state index in [-0.39, 0.29) is 39.8 Å². The third-order valence-corrected chi connectivity index (χ3v) is 19.9. The van der Waals surface area contributed by atoms with Gasteiger partial charge in [0.15, 0.2) is 18.9 Å². The first-order valence-electron chi connectivity index (χ1n) is 24.4. The second kappa shape index (κ2) is 18.3. The van der Waals surface area contributed by atoms with E-state index in [0.29, 0.717) is 36.0 Å². The van der Waals surface area contributed by atoms with Gasteiger partial charge in [-0.3, -0.25) is 0 Å². The number of allylic oxidation sites excluding steroid dienone is 1. The lowest BCUT2D eigenvalue weighted by Gasteiger charge is -2.73. The molecule has 0 aromatic heterocycles. The summed E-state index contributed by atoms with van der Waals surface area (Å²) in [4.78, 5) is 0. The summed E-state index contributed by atoms with van der Waals surface area (Å²) in [5.74, 6) is 2.24. The molecule has 25 atom stereocenters. The molecular weight excluding hydrogens is 849 g/mol. The summed E-state index contributed by atoms with van der Waals surface area (Å²) in [6, 6.07) is 0. The highest BCUT2D eigenvalue weighted by Gasteiger charge is 2.71. The molecule has 17 heteroatoms. The zero-order valence-corrected chi connectivity index (χ0v) is 39.1. The fourth-order valence-corrected chi connectivity index (χ4v) is 16.1. The zero-order valence-electron chi connectivity index (χ0n) is 39.1. The van der Waals surface area contributed by atoms with Crippen LogP contribution in [-0.4, -0.2) is 181 Å². The number of aliphatic hydroxyl groups excluding tert-OH is 11. The molecule has 3 heterocycles. The molecule has 65 heavy (non-hydrogen) atoms. The monoisotopic (exact) mass is 929 g/mol. The molecule has 374 valence electrons. The molecule has 3 aliphatic heterocycles. The van der Waals surface area contributed by atoms with Crippen LogP contribution < -0.4 is 0 Å². The lowest BCUT2D eigenvalue weighted by atomic mass is 9.32. The summed E-state index contributed by atoms with van der Waals surface area (Å²) in [6.45, 7) is 16.8. The van der Waals surface area contributed by atoms with Gasteiger partial charge in [0.1, 0.15) is 73.2 Å². The molecule has 3 saturated heterocycles. The summed E-state index contributed by atoms with van der Waals surface area (Å²) in [5.41, 5.74) is 1.17.